The normalized spacial score (nSPS) is 17.2. The van der Waals surface area contributed by atoms with E-state index in [2.05, 4.69) is 6.58 Å². The number of benzene rings is 1. The van der Waals surface area contributed by atoms with Gasteiger partial charge in [0.2, 0.25) is 0 Å². The second kappa shape index (κ2) is 9.84. The molecule has 0 saturated carbocycles. The highest BCUT2D eigenvalue weighted by Gasteiger charge is 2.52. The quantitative estimate of drug-likeness (QED) is 0.455. The Morgan fingerprint density at radius 1 is 0.704 bits per heavy atom. The van der Waals surface area contributed by atoms with Gasteiger partial charge in [-0.15, -0.1) is 6.58 Å². The minimum atomic E-state index is -3.00. The molecule has 0 amide bonds. The molecule has 7 nitrogen and oxygen atoms in total. The van der Waals surface area contributed by atoms with Gasteiger partial charge in [0.25, 0.3) is 0 Å². The van der Waals surface area contributed by atoms with E-state index in [-0.39, 0.29) is 0 Å². The second-order valence-corrected chi connectivity index (χ2v) is 18.8. The zero-order chi connectivity index (χ0) is 20.8. The molecule has 0 aliphatic carbocycles. The summed E-state index contributed by atoms with van der Waals surface area (Å²) in [5.41, 5.74) is 1.71. The first-order valence-corrected chi connectivity index (χ1v) is 17.7. The van der Waals surface area contributed by atoms with Gasteiger partial charge in [-0.05, 0) is 18.3 Å². The molecule has 0 spiro atoms. The van der Waals surface area contributed by atoms with Crippen LogP contribution in [0.3, 0.4) is 0 Å². The summed E-state index contributed by atoms with van der Waals surface area (Å²) < 4.78 is 41.4. The van der Waals surface area contributed by atoms with E-state index in [9.17, 15) is 0 Å². The van der Waals surface area contributed by atoms with Gasteiger partial charge >= 0.3 is 34.7 Å². The monoisotopic (exact) mass is 448 g/mol. The fourth-order valence-corrected chi connectivity index (χ4v) is 16.5. The van der Waals surface area contributed by atoms with E-state index < -0.39 is 34.7 Å². The number of rotatable bonds is 12. The van der Waals surface area contributed by atoms with E-state index in [1.165, 1.54) is 0 Å². The summed E-state index contributed by atoms with van der Waals surface area (Å²) in [5.74, 6) is 0. The smallest absolute Gasteiger partial charge is 0.409 e. The van der Waals surface area contributed by atoms with Gasteiger partial charge in [0.05, 0.1) is 0 Å². The highest BCUT2D eigenvalue weighted by molar-refractivity contribution is 6.94. The molecule has 1 rings (SSSR count). The fraction of sp³-hybridized carbons (Fsp3) is 0.500. The second-order valence-electron chi connectivity index (χ2n) is 6.38. The van der Waals surface area contributed by atoms with Crippen LogP contribution in [-0.4, -0.2) is 63.2 Å². The molecule has 27 heavy (non-hydrogen) atoms. The topological polar surface area (TPSA) is 64.6 Å². The SMILES string of the molecule is C=C[Si](C)(O[Si](C)(OC)OC)O[Si](C)(O[Si](C)(OC)OC)c1ccccc1. The Labute approximate surface area is 167 Å². The average molecular weight is 449 g/mol. The Morgan fingerprint density at radius 3 is 1.56 bits per heavy atom. The largest absolute Gasteiger partial charge is 0.488 e. The zero-order valence-corrected chi connectivity index (χ0v) is 21.5. The molecule has 0 fully saturated rings. The molecule has 0 bridgehead atoms. The van der Waals surface area contributed by atoms with Crippen molar-refractivity contribution in [3.05, 3.63) is 42.6 Å². The van der Waals surface area contributed by atoms with E-state index >= 15 is 0 Å². The summed E-state index contributed by atoms with van der Waals surface area (Å²) in [7, 11) is -5.36. The van der Waals surface area contributed by atoms with Gasteiger partial charge < -0.3 is 30.0 Å². The Balaban J connectivity index is 3.32. The van der Waals surface area contributed by atoms with Crippen molar-refractivity contribution in [2.45, 2.75) is 26.2 Å². The van der Waals surface area contributed by atoms with Crippen LogP contribution in [0.1, 0.15) is 0 Å². The fourth-order valence-electron chi connectivity index (χ4n) is 2.43. The van der Waals surface area contributed by atoms with Crippen LogP contribution in [0.2, 0.25) is 26.2 Å². The molecule has 154 valence electrons. The Morgan fingerprint density at radius 2 is 1.15 bits per heavy atom. The maximum Gasteiger partial charge on any atom is 0.488 e. The molecule has 0 radical (unpaired) electrons. The molecule has 0 aromatic heterocycles. The zero-order valence-electron chi connectivity index (χ0n) is 17.5. The van der Waals surface area contributed by atoms with Gasteiger partial charge in [-0.3, -0.25) is 0 Å². The van der Waals surface area contributed by atoms with Crippen molar-refractivity contribution in [2.24, 2.45) is 0 Å². The maximum atomic E-state index is 6.62. The minimum Gasteiger partial charge on any atom is -0.409 e. The molecule has 0 heterocycles. The Kier molecular flexibility index (Phi) is 8.96. The summed E-state index contributed by atoms with van der Waals surface area (Å²) in [6, 6.07) is 9.80. The first-order valence-electron chi connectivity index (χ1n) is 8.53. The number of hydrogen-bond acceptors (Lipinski definition) is 7. The molecule has 0 aliphatic heterocycles. The lowest BCUT2D eigenvalue weighted by Gasteiger charge is -2.41. The van der Waals surface area contributed by atoms with Crippen LogP contribution in [0.15, 0.2) is 42.6 Å². The Bertz CT molecular complexity index is 598. The van der Waals surface area contributed by atoms with Gasteiger partial charge in [0.15, 0.2) is 0 Å². The molecule has 0 saturated heterocycles. The molecule has 0 aliphatic rings. The molecule has 0 N–H and O–H groups in total. The van der Waals surface area contributed by atoms with Crippen molar-refractivity contribution in [3.63, 3.8) is 0 Å². The molecule has 2 atom stereocenters. The van der Waals surface area contributed by atoms with E-state index in [1.54, 1.807) is 34.1 Å². The Hall–Kier alpha value is -0.452. The van der Waals surface area contributed by atoms with Gasteiger partial charge in [-0.25, -0.2) is 0 Å². The van der Waals surface area contributed by atoms with Crippen LogP contribution in [0, 0.1) is 0 Å². The highest BCUT2D eigenvalue weighted by Crippen LogP contribution is 2.25. The van der Waals surface area contributed by atoms with E-state index in [0.29, 0.717) is 0 Å². The summed E-state index contributed by atoms with van der Waals surface area (Å²) in [4.78, 5) is 0. The minimum absolute atomic E-state index is 0.945. The lowest BCUT2D eigenvalue weighted by molar-refractivity contribution is 0.140. The predicted molar refractivity (Wildman–Crippen MR) is 114 cm³/mol. The van der Waals surface area contributed by atoms with Crippen molar-refractivity contribution >= 4 is 39.9 Å². The van der Waals surface area contributed by atoms with Crippen LogP contribution in [0.5, 0.6) is 0 Å². The average Bonchev–Trinajstić information content (AvgIpc) is 2.68. The summed E-state index contributed by atoms with van der Waals surface area (Å²) in [6.07, 6.45) is 0. The molecular weight excluding hydrogens is 417 g/mol. The van der Waals surface area contributed by atoms with Crippen LogP contribution >= 0.6 is 0 Å². The van der Waals surface area contributed by atoms with Crippen LogP contribution in [0.4, 0.5) is 0 Å². The lowest BCUT2D eigenvalue weighted by atomic mass is 10.4. The predicted octanol–water partition coefficient (Wildman–Crippen LogP) is 2.54. The van der Waals surface area contributed by atoms with Crippen LogP contribution < -0.4 is 5.19 Å². The van der Waals surface area contributed by atoms with Crippen molar-refractivity contribution in [3.8, 4) is 0 Å². The van der Waals surface area contributed by atoms with Gasteiger partial charge in [0, 0.05) is 41.5 Å². The lowest BCUT2D eigenvalue weighted by Crippen LogP contribution is -2.65. The standard InChI is InChI=1S/C16H32O7Si4/c1-10-24(6,22-26(8,17-2)18-3)21-25(7,16-14-12-11-13-15-16)23-27(9,19-4)20-5/h10-15H,1H2,2-9H3. The third-order valence-electron chi connectivity index (χ3n) is 4.32. The van der Waals surface area contributed by atoms with Gasteiger partial charge in [-0.1, -0.05) is 36.0 Å². The van der Waals surface area contributed by atoms with Crippen LogP contribution in [0.25, 0.3) is 0 Å². The third kappa shape index (κ3) is 6.54. The van der Waals surface area contributed by atoms with Gasteiger partial charge in [0.1, 0.15) is 0 Å². The van der Waals surface area contributed by atoms with E-state index in [0.717, 1.165) is 5.19 Å². The van der Waals surface area contributed by atoms with Crippen molar-refractivity contribution < 1.29 is 30.0 Å². The summed E-state index contributed by atoms with van der Waals surface area (Å²) in [6.45, 7) is 11.5. The number of hydrogen-bond donors (Lipinski definition) is 0. The molecule has 2 unspecified atom stereocenters. The molecule has 1 aromatic rings. The van der Waals surface area contributed by atoms with Crippen molar-refractivity contribution in [2.75, 3.05) is 28.4 Å². The molecule has 1 aromatic carbocycles. The first-order chi connectivity index (χ1) is 12.5. The summed E-state index contributed by atoms with van der Waals surface area (Å²) >= 11 is 0. The van der Waals surface area contributed by atoms with Crippen molar-refractivity contribution in [1.29, 1.82) is 0 Å². The summed E-state index contributed by atoms with van der Waals surface area (Å²) in [5, 5.41) is 0.945. The highest BCUT2D eigenvalue weighted by atomic mass is 28.5. The third-order valence-corrected chi connectivity index (χ3v) is 18.7. The van der Waals surface area contributed by atoms with Crippen molar-refractivity contribution in [1.82, 2.24) is 0 Å². The van der Waals surface area contributed by atoms with E-state index in [1.807, 2.05) is 56.5 Å². The maximum absolute atomic E-state index is 6.62. The van der Waals surface area contributed by atoms with Gasteiger partial charge in [-0.2, -0.15) is 0 Å². The molecule has 11 heteroatoms. The van der Waals surface area contributed by atoms with E-state index in [4.69, 9.17) is 30.0 Å². The van der Waals surface area contributed by atoms with Crippen LogP contribution in [-0.2, 0) is 30.0 Å². The first kappa shape index (κ1) is 24.6. The molecular formula is C16H32O7Si4.